The van der Waals surface area contributed by atoms with Gasteiger partial charge in [0.05, 0.1) is 17.3 Å². The second-order valence-electron chi connectivity index (χ2n) is 6.08. The fourth-order valence-corrected chi connectivity index (χ4v) is 3.56. The van der Waals surface area contributed by atoms with Gasteiger partial charge in [-0.3, -0.25) is 4.79 Å². The lowest BCUT2D eigenvalue weighted by Gasteiger charge is -2.13. The zero-order valence-electron chi connectivity index (χ0n) is 14.1. The Morgan fingerprint density at radius 1 is 1.50 bits per heavy atom. The minimum atomic E-state index is -0.363. The van der Waals surface area contributed by atoms with Crippen LogP contribution in [0.15, 0.2) is 17.6 Å². The van der Waals surface area contributed by atoms with E-state index in [-0.39, 0.29) is 24.4 Å². The van der Waals surface area contributed by atoms with Gasteiger partial charge in [0.25, 0.3) is 0 Å². The Labute approximate surface area is 145 Å². The maximum absolute atomic E-state index is 12.3. The molecule has 7 heteroatoms. The molecule has 2 aromatic heterocycles. The normalized spacial score (nSPS) is 17.5. The first-order valence-electron chi connectivity index (χ1n) is 8.01. The first-order valence-corrected chi connectivity index (χ1v) is 8.89. The maximum atomic E-state index is 12.3. The summed E-state index contributed by atoms with van der Waals surface area (Å²) in [4.78, 5) is 30.3. The fraction of sp³-hybridized carbons (Fsp3) is 0.471. The Morgan fingerprint density at radius 3 is 2.92 bits per heavy atom. The predicted octanol–water partition coefficient (Wildman–Crippen LogP) is 2.48. The number of aryl methyl sites for hydroxylation is 2. The first-order chi connectivity index (χ1) is 11.5. The van der Waals surface area contributed by atoms with E-state index >= 15 is 0 Å². The van der Waals surface area contributed by atoms with Gasteiger partial charge in [-0.2, -0.15) is 0 Å². The van der Waals surface area contributed by atoms with Crippen molar-refractivity contribution in [2.24, 2.45) is 13.0 Å². The van der Waals surface area contributed by atoms with Gasteiger partial charge in [-0.05, 0) is 19.9 Å². The highest BCUT2D eigenvalue weighted by Gasteiger charge is 2.29. The van der Waals surface area contributed by atoms with Crippen LogP contribution in [0, 0.1) is 12.8 Å². The van der Waals surface area contributed by atoms with E-state index in [0.29, 0.717) is 25.2 Å². The van der Waals surface area contributed by atoms with Gasteiger partial charge in [0.1, 0.15) is 5.69 Å². The number of amides is 1. The summed E-state index contributed by atoms with van der Waals surface area (Å²) in [6, 6.07) is 1.80. The van der Waals surface area contributed by atoms with Gasteiger partial charge in [0.2, 0.25) is 5.91 Å². The topological polar surface area (TPSA) is 64.4 Å². The standard InChI is InChI=1S/C17H21N3O3S/c1-4-20-7-12(5-16(20)21)9-23-17(22)15-6-13(8-19(15)3)14-10-24-11(2)18-14/h6,8,10,12H,4-5,7,9H2,1-3H3. The van der Waals surface area contributed by atoms with E-state index < -0.39 is 0 Å². The molecule has 1 fully saturated rings. The number of aromatic nitrogens is 2. The highest BCUT2D eigenvalue weighted by atomic mass is 32.1. The summed E-state index contributed by atoms with van der Waals surface area (Å²) < 4.78 is 7.19. The lowest BCUT2D eigenvalue weighted by atomic mass is 10.1. The monoisotopic (exact) mass is 347 g/mol. The summed E-state index contributed by atoms with van der Waals surface area (Å²) in [5.74, 6) is -0.140. The summed E-state index contributed by atoms with van der Waals surface area (Å²) in [6.07, 6.45) is 2.33. The number of carbonyl (C=O) groups is 2. The highest BCUT2D eigenvalue weighted by molar-refractivity contribution is 7.09. The van der Waals surface area contributed by atoms with Crippen molar-refractivity contribution in [3.63, 3.8) is 0 Å². The van der Waals surface area contributed by atoms with Crippen LogP contribution in [0.5, 0.6) is 0 Å². The molecule has 1 aliphatic heterocycles. The van der Waals surface area contributed by atoms with Crippen LogP contribution in [0.3, 0.4) is 0 Å². The summed E-state index contributed by atoms with van der Waals surface area (Å²) in [7, 11) is 1.82. The van der Waals surface area contributed by atoms with Crippen molar-refractivity contribution < 1.29 is 14.3 Å². The molecule has 0 N–H and O–H groups in total. The largest absolute Gasteiger partial charge is 0.461 e. The third-order valence-electron chi connectivity index (χ3n) is 4.26. The van der Waals surface area contributed by atoms with Gasteiger partial charge in [0, 0.05) is 49.6 Å². The minimum Gasteiger partial charge on any atom is -0.461 e. The Hall–Kier alpha value is -2.15. The van der Waals surface area contributed by atoms with E-state index in [4.69, 9.17) is 4.74 Å². The van der Waals surface area contributed by atoms with E-state index in [2.05, 4.69) is 4.98 Å². The van der Waals surface area contributed by atoms with Crippen LogP contribution in [-0.2, 0) is 16.6 Å². The van der Waals surface area contributed by atoms with E-state index in [0.717, 1.165) is 16.3 Å². The number of carbonyl (C=O) groups excluding carboxylic acids is 2. The summed E-state index contributed by atoms with van der Waals surface area (Å²) in [5.41, 5.74) is 2.27. The number of rotatable bonds is 5. The molecule has 2 aromatic rings. The van der Waals surface area contributed by atoms with Gasteiger partial charge < -0.3 is 14.2 Å². The van der Waals surface area contributed by atoms with Crippen LogP contribution >= 0.6 is 11.3 Å². The van der Waals surface area contributed by atoms with Gasteiger partial charge in [-0.1, -0.05) is 0 Å². The molecule has 1 atom stereocenters. The molecule has 0 saturated carbocycles. The molecule has 1 amide bonds. The molecular formula is C17H21N3O3S. The second-order valence-corrected chi connectivity index (χ2v) is 7.14. The molecule has 0 aliphatic carbocycles. The van der Waals surface area contributed by atoms with Gasteiger partial charge in [-0.15, -0.1) is 11.3 Å². The highest BCUT2D eigenvalue weighted by Crippen LogP contribution is 2.24. The molecule has 0 aromatic carbocycles. The van der Waals surface area contributed by atoms with Crippen LogP contribution in [0.2, 0.25) is 0 Å². The zero-order chi connectivity index (χ0) is 17.3. The summed E-state index contributed by atoms with van der Waals surface area (Å²) in [6.45, 7) is 5.56. The average Bonchev–Trinajstić information content (AvgIpc) is 3.23. The van der Waals surface area contributed by atoms with Gasteiger partial charge >= 0.3 is 5.97 Å². The van der Waals surface area contributed by atoms with Crippen LogP contribution in [0.4, 0.5) is 0 Å². The number of hydrogen-bond acceptors (Lipinski definition) is 5. The fourth-order valence-electron chi connectivity index (χ4n) is 2.94. The SMILES string of the molecule is CCN1CC(COC(=O)c2cc(-c3csc(C)n3)cn2C)CC1=O. The lowest BCUT2D eigenvalue weighted by molar-refractivity contribution is -0.127. The maximum Gasteiger partial charge on any atom is 0.354 e. The molecule has 6 nitrogen and oxygen atoms in total. The average molecular weight is 347 g/mol. The van der Waals surface area contributed by atoms with Crippen molar-refractivity contribution in [1.82, 2.24) is 14.5 Å². The minimum absolute atomic E-state index is 0.0855. The van der Waals surface area contributed by atoms with Crippen LogP contribution in [-0.4, -0.2) is 46.0 Å². The Bertz CT molecular complexity index is 765. The van der Waals surface area contributed by atoms with Crippen molar-refractivity contribution in [2.45, 2.75) is 20.3 Å². The number of ether oxygens (including phenoxy) is 1. The van der Waals surface area contributed by atoms with Crippen molar-refractivity contribution in [3.8, 4) is 11.3 Å². The van der Waals surface area contributed by atoms with E-state index in [9.17, 15) is 9.59 Å². The molecule has 0 spiro atoms. The molecule has 1 saturated heterocycles. The van der Waals surface area contributed by atoms with E-state index in [1.165, 1.54) is 0 Å². The van der Waals surface area contributed by atoms with Crippen molar-refractivity contribution in [1.29, 1.82) is 0 Å². The molecule has 3 rings (SSSR count). The zero-order valence-corrected chi connectivity index (χ0v) is 14.9. The number of likely N-dealkylation sites (tertiary alicyclic amines) is 1. The number of hydrogen-bond donors (Lipinski definition) is 0. The van der Waals surface area contributed by atoms with Crippen molar-refractivity contribution >= 4 is 23.2 Å². The number of thiazole rings is 1. The number of esters is 1. The third kappa shape index (κ3) is 3.36. The first kappa shape index (κ1) is 16.7. The Balaban J connectivity index is 1.63. The third-order valence-corrected chi connectivity index (χ3v) is 5.03. The molecule has 0 radical (unpaired) electrons. The van der Waals surface area contributed by atoms with Crippen molar-refractivity contribution in [2.75, 3.05) is 19.7 Å². The second kappa shape index (κ2) is 6.76. The molecule has 3 heterocycles. The number of nitrogens with zero attached hydrogens (tertiary/aromatic N) is 3. The lowest BCUT2D eigenvalue weighted by Crippen LogP contribution is -2.25. The Kier molecular flexibility index (Phi) is 4.71. The van der Waals surface area contributed by atoms with E-state index in [1.807, 2.05) is 32.5 Å². The summed E-state index contributed by atoms with van der Waals surface area (Å²) >= 11 is 1.58. The van der Waals surface area contributed by atoms with Gasteiger partial charge in [0.15, 0.2) is 0 Å². The van der Waals surface area contributed by atoms with Gasteiger partial charge in [-0.25, -0.2) is 9.78 Å². The molecule has 1 unspecified atom stereocenters. The summed E-state index contributed by atoms with van der Waals surface area (Å²) in [5, 5.41) is 2.97. The van der Waals surface area contributed by atoms with Crippen LogP contribution in [0.1, 0.15) is 28.8 Å². The molecule has 1 aliphatic rings. The smallest absolute Gasteiger partial charge is 0.354 e. The van der Waals surface area contributed by atoms with E-state index in [1.54, 1.807) is 26.9 Å². The van der Waals surface area contributed by atoms with Crippen LogP contribution < -0.4 is 0 Å². The predicted molar refractivity (Wildman–Crippen MR) is 91.9 cm³/mol. The quantitative estimate of drug-likeness (QED) is 0.780. The molecule has 0 bridgehead atoms. The Morgan fingerprint density at radius 2 is 2.29 bits per heavy atom. The van der Waals surface area contributed by atoms with Crippen LogP contribution in [0.25, 0.3) is 11.3 Å². The molecule has 128 valence electrons. The van der Waals surface area contributed by atoms with Crippen molar-refractivity contribution in [3.05, 3.63) is 28.3 Å². The molecule has 24 heavy (non-hydrogen) atoms. The molecular weight excluding hydrogens is 326 g/mol.